The smallest absolute Gasteiger partial charge is 0.128 e. The van der Waals surface area contributed by atoms with Gasteiger partial charge in [0.2, 0.25) is 0 Å². The summed E-state index contributed by atoms with van der Waals surface area (Å²) in [5, 5.41) is 13.5. The van der Waals surface area contributed by atoms with Gasteiger partial charge < -0.3 is 20.7 Å². The lowest BCUT2D eigenvalue weighted by molar-refractivity contribution is 0.201. The molecule has 3 aromatic rings. The SMILES string of the molecule is Cc1ncc(Cl)c([C@@H](C)Oc2ccc(N)c(C(=N)c3ccc(N4CC(C)(NC5CCC5)C4)nc3)c2)c1Cl. The van der Waals surface area contributed by atoms with Crippen LogP contribution in [0.3, 0.4) is 0 Å². The normalized spacial score (nSPS) is 17.6. The molecule has 1 aliphatic heterocycles. The molecular formula is C28H32Cl2N6O. The predicted molar refractivity (Wildman–Crippen MR) is 150 cm³/mol. The Hall–Kier alpha value is -2.87. The maximum atomic E-state index is 8.81. The van der Waals surface area contributed by atoms with Crippen molar-refractivity contribution in [1.82, 2.24) is 15.3 Å². The molecule has 2 aliphatic rings. The molecule has 1 saturated carbocycles. The fourth-order valence-corrected chi connectivity index (χ4v) is 5.66. The third-order valence-corrected chi connectivity index (χ3v) is 8.07. The Bertz CT molecular complexity index is 1320. The van der Waals surface area contributed by atoms with Gasteiger partial charge in [-0.1, -0.05) is 29.6 Å². The van der Waals surface area contributed by atoms with Crippen LogP contribution in [0.4, 0.5) is 11.5 Å². The number of aryl methyl sites for hydroxylation is 1. The summed E-state index contributed by atoms with van der Waals surface area (Å²) in [4.78, 5) is 11.1. The van der Waals surface area contributed by atoms with Gasteiger partial charge in [-0.2, -0.15) is 0 Å². The number of rotatable bonds is 8. The van der Waals surface area contributed by atoms with Crippen molar-refractivity contribution in [2.24, 2.45) is 0 Å². The number of aromatic nitrogens is 2. The first-order chi connectivity index (χ1) is 17.6. The van der Waals surface area contributed by atoms with Gasteiger partial charge in [0.25, 0.3) is 0 Å². The molecule has 7 nitrogen and oxygen atoms in total. The Morgan fingerprint density at radius 1 is 1.19 bits per heavy atom. The molecule has 2 aromatic heterocycles. The highest BCUT2D eigenvalue weighted by molar-refractivity contribution is 6.36. The van der Waals surface area contributed by atoms with Crippen LogP contribution in [0, 0.1) is 12.3 Å². The molecular weight excluding hydrogens is 507 g/mol. The second-order valence-corrected chi connectivity index (χ2v) is 11.2. The highest BCUT2D eigenvalue weighted by Crippen LogP contribution is 2.35. The van der Waals surface area contributed by atoms with E-state index in [1.807, 2.05) is 26.0 Å². The molecule has 4 N–H and O–H groups in total. The summed E-state index contributed by atoms with van der Waals surface area (Å²) >= 11 is 12.8. The van der Waals surface area contributed by atoms with Gasteiger partial charge in [0.15, 0.2) is 0 Å². The number of ether oxygens (including phenoxy) is 1. The van der Waals surface area contributed by atoms with Crippen LogP contribution in [-0.2, 0) is 0 Å². The molecule has 1 saturated heterocycles. The first kappa shape index (κ1) is 25.8. The van der Waals surface area contributed by atoms with Gasteiger partial charge in [-0.3, -0.25) is 10.4 Å². The zero-order chi connectivity index (χ0) is 26.3. The Morgan fingerprint density at radius 3 is 2.59 bits per heavy atom. The second-order valence-electron chi connectivity index (χ2n) is 10.4. The number of nitrogens with one attached hydrogen (secondary N) is 2. The van der Waals surface area contributed by atoms with Crippen molar-refractivity contribution in [2.75, 3.05) is 23.7 Å². The molecule has 37 heavy (non-hydrogen) atoms. The molecule has 1 aromatic carbocycles. The van der Waals surface area contributed by atoms with Crippen molar-refractivity contribution in [3.63, 3.8) is 0 Å². The minimum Gasteiger partial charge on any atom is -0.486 e. The number of anilines is 2. The van der Waals surface area contributed by atoms with Crippen LogP contribution in [0.5, 0.6) is 5.75 Å². The quantitative estimate of drug-likeness (QED) is 0.242. The zero-order valence-electron chi connectivity index (χ0n) is 21.3. The molecule has 1 aliphatic carbocycles. The van der Waals surface area contributed by atoms with E-state index in [1.54, 1.807) is 30.6 Å². The van der Waals surface area contributed by atoms with E-state index in [-0.39, 0.29) is 11.3 Å². The van der Waals surface area contributed by atoms with Crippen molar-refractivity contribution < 1.29 is 4.74 Å². The number of hydrogen-bond acceptors (Lipinski definition) is 7. The van der Waals surface area contributed by atoms with E-state index in [0.29, 0.717) is 49.9 Å². The summed E-state index contributed by atoms with van der Waals surface area (Å²) in [6.07, 6.45) is 6.78. The van der Waals surface area contributed by atoms with Gasteiger partial charge in [0.1, 0.15) is 17.7 Å². The lowest BCUT2D eigenvalue weighted by Gasteiger charge is -2.52. The van der Waals surface area contributed by atoms with Gasteiger partial charge in [-0.05, 0) is 63.9 Å². The van der Waals surface area contributed by atoms with Crippen molar-refractivity contribution in [3.05, 3.63) is 75.2 Å². The van der Waals surface area contributed by atoms with E-state index in [1.165, 1.54) is 19.3 Å². The van der Waals surface area contributed by atoms with E-state index in [2.05, 4.69) is 27.1 Å². The maximum absolute atomic E-state index is 8.81. The van der Waals surface area contributed by atoms with Gasteiger partial charge in [0, 0.05) is 53.9 Å². The molecule has 1 atom stereocenters. The van der Waals surface area contributed by atoms with Gasteiger partial charge in [0.05, 0.1) is 27.0 Å². The molecule has 194 valence electrons. The first-order valence-electron chi connectivity index (χ1n) is 12.6. The van der Waals surface area contributed by atoms with Crippen molar-refractivity contribution in [3.8, 4) is 5.75 Å². The summed E-state index contributed by atoms with van der Waals surface area (Å²) < 4.78 is 6.15. The molecule has 9 heteroatoms. The fourth-order valence-electron chi connectivity index (χ4n) is 5.01. The zero-order valence-corrected chi connectivity index (χ0v) is 22.8. The van der Waals surface area contributed by atoms with E-state index in [0.717, 1.165) is 18.9 Å². The van der Waals surface area contributed by atoms with E-state index in [4.69, 9.17) is 39.1 Å². The summed E-state index contributed by atoms with van der Waals surface area (Å²) in [7, 11) is 0. The Labute approximate surface area is 227 Å². The van der Waals surface area contributed by atoms with Gasteiger partial charge >= 0.3 is 0 Å². The van der Waals surface area contributed by atoms with E-state index in [9.17, 15) is 0 Å². The van der Waals surface area contributed by atoms with Gasteiger partial charge in [-0.15, -0.1) is 0 Å². The standard InChI is InChI=1S/C28H32Cl2N6O/c1-16-26(30)25(22(29)13-33-16)17(2)37-20-8-9-23(31)21(11-20)27(32)18-7-10-24(34-12-18)36-14-28(3,15-36)35-19-5-4-6-19/h7-13,17,19,32,35H,4-6,14-15,31H2,1-3H3/t17-/m1/s1. The Morgan fingerprint density at radius 2 is 1.95 bits per heavy atom. The number of hydrogen-bond donors (Lipinski definition) is 3. The van der Waals surface area contributed by atoms with Crippen LogP contribution in [-0.4, -0.2) is 40.3 Å². The molecule has 2 fully saturated rings. The van der Waals surface area contributed by atoms with Crippen molar-refractivity contribution in [2.45, 2.75) is 57.7 Å². The average molecular weight is 540 g/mol. The molecule has 0 unspecified atom stereocenters. The van der Waals surface area contributed by atoms with Crippen LogP contribution in [0.15, 0.2) is 42.7 Å². The highest BCUT2D eigenvalue weighted by Gasteiger charge is 2.41. The molecule has 0 bridgehead atoms. The number of pyridine rings is 2. The number of nitrogens with two attached hydrogens (primary N) is 1. The molecule has 0 radical (unpaired) electrons. The van der Waals surface area contributed by atoms with E-state index >= 15 is 0 Å². The van der Waals surface area contributed by atoms with Crippen LogP contribution >= 0.6 is 23.2 Å². The predicted octanol–water partition coefficient (Wildman–Crippen LogP) is 5.95. The minimum atomic E-state index is -0.422. The average Bonchev–Trinajstić information content (AvgIpc) is 2.83. The number of nitrogen functional groups attached to an aromatic ring is 1. The Kier molecular flexibility index (Phi) is 7.05. The van der Waals surface area contributed by atoms with E-state index < -0.39 is 6.10 Å². The van der Waals surface area contributed by atoms with Gasteiger partial charge in [-0.25, -0.2) is 4.98 Å². The molecule has 3 heterocycles. The van der Waals surface area contributed by atoms with Crippen LogP contribution in [0.2, 0.25) is 10.0 Å². The topological polar surface area (TPSA) is 100 Å². The van der Waals surface area contributed by atoms with Crippen LogP contribution in [0.25, 0.3) is 0 Å². The third-order valence-electron chi connectivity index (χ3n) is 7.29. The number of nitrogens with zero attached hydrogens (tertiary/aromatic N) is 3. The number of benzene rings is 1. The minimum absolute atomic E-state index is 0.146. The lowest BCUT2D eigenvalue weighted by atomic mass is 9.85. The molecule has 0 amide bonds. The monoisotopic (exact) mass is 538 g/mol. The Balaban J connectivity index is 1.27. The van der Waals surface area contributed by atoms with Crippen molar-refractivity contribution >= 4 is 40.4 Å². The summed E-state index contributed by atoms with van der Waals surface area (Å²) in [5.41, 5.74) is 9.79. The molecule has 0 spiro atoms. The highest BCUT2D eigenvalue weighted by atomic mass is 35.5. The largest absolute Gasteiger partial charge is 0.486 e. The van der Waals surface area contributed by atoms with Crippen molar-refractivity contribution in [1.29, 1.82) is 5.41 Å². The number of halogens is 2. The summed E-state index contributed by atoms with van der Waals surface area (Å²) in [6, 6.07) is 9.85. The lowest BCUT2D eigenvalue weighted by Crippen LogP contribution is -2.70. The fraction of sp³-hybridized carbons (Fsp3) is 0.393. The second kappa shape index (κ2) is 10.1. The molecule has 5 rings (SSSR count). The van der Waals surface area contributed by atoms with Crippen LogP contribution in [0.1, 0.15) is 61.6 Å². The third kappa shape index (κ3) is 5.26. The van der Waals surface area contributed by atoms with Crippen LogP contribution < -0.4 is 20.7 Å². The first-order valence-corrected chi connectivity index (χ1v) is 13.3. The summed E-state index contributed by atoms with van der Waals surface area (Å²) in [6.45, 7) is 7.84. The summed E-state index contributed by atoms with van der Waals surface area (Å²) in [5.74, 6) is 1.48. The maximum Gasteiger partial charge on any atom is 0.128 e.